The molecular formula is C14H13ClN4OS2. The van der Waals surface area contributed by atoms with Gasteiger partial charge in [0.15, 0.2) is 5.82 Å². The van der Waals surface area contributed by atoms with Crippen LogP contribution >= 0.6 is 34.3 Å². The van der Waals surface area contributed by atoms with Gasteiger partial charge < -0.3 is 10.3 Å². The van der Waals surface area contributed by atoms with Crippen molar-refractivity contribution in [1.82, 2.24) is 15.1 Å². The number of hydrogen-bond acceptors (Lipinski definition) is 7. The Morgan fingerprint density at radius 1 is 1.27 bits per heavy atom. The topological polar surface area (TPSA) is 77.8 Å². The van der Waals surface area contributed by atoms with Crippen LogP contribution in [-0.2, 0) is 5.54 Å². The van der Waals surface area contributed by atoms with Crippen molar-refractivity contribution in [2.24, 2.45) is 5.73 Å². The van der Waals surface area contributed by atoms with Crippen molar-refractivity contribution in [1.29, 1.82) is 0 Å². The highest BCUT2D eigenvalue weighted by molar-refractivity contribution is 7.25. The third kappa shape index (κ3) is 2.28. The first kappa shape index (κ1) is 14.3. The summed E-state index contributed by atoms with van der Waals surface area (Å²) in [5.74, 6) is 1.10. The Morgan fingerprint density at radius 2 is 2.09 bits per heavy atom. The Hall–Kier alpha value is -1.28. The lowest BCUT2D eigenvalue weighted by Crippen LogP contribution is -2.44. The molecule has 0 aliphatic heterocycles. The van der Waals surface area contributed by atoms with E-state index in [2.05, 4.69) is 15.1 Å². The van der Waals surface area contributed by atoms with E-state index in [0.717, 1.165) is 44.1 Å². The largest absolute Gasteiger partial charge is 0.333 e. The number of aromatic nitrogens is 3. The molecule has 3 aromatic heterocycles. The van der Waals surface area contributed by atoms with E-state index >= 15 is 0 Å². The van der Waals surface area contributed by atoms with Crippen molar-refractivity contribution in [2.75, 3.05) is 0 Å². The first-order valence-electron chi connectivity index (χ1n) is 6.92. The van der Waals surface area contributed by atoms with Crippen molar-refractivity contribution in [3.05, 3.63) is 28.0 Å². The Labute approximate surface area is 140 Å². The number of aryl methyl sites for hydroxylation is 1. The molecule has 0 radical (unpaired) electrons. The normalized spacial score (nSPS) is 16.7. The average Bonchev–Trinajstić information content (AvgIpc) is 3.15. The first-order chi connectivity index (χ1) is 10.5. The van der Waals surface area contributed by atoms with Gasteiger partial charge in [0.1, 0.15) is 9.88 Å². The molecule has 5 nitrogen and oxygen atoms in total. The Morgan fingerprint density at radius 3 is 2.73 bits per heavy atom. The highest BCUT2D eigenvalue weighted by atomic mass is 35.5. The standard InChI is InChI=1S/C14H13ClN4OS2/c1-7-10(22-12(17-7)8-3-4-9(15)21-8)11-18-13(19-20-11)14(16)5-2-6-14/h3-4H,2,5-6,16H2,1H3. The van der Waals surface area contributed by atoms with Gasteiger partial charge in [-0.25, -0.2) is 4.98 Å². The maximum atomic E-state index is 6.24. The van der Waals surface area contributed by atoms with Gasteiger partial charge in [0.2, 0.25) is 0 Å². The van der Waals surface area contributed by atoms with Crippen molar-refractivity contribution >= 4 is 34.3 Å². The number of nitrogens with zero attached hydrogens (tertiary/aromatic N) is 3. The second-order valence-corrected chi connectivity index (χ2v) is 8.18. The number of thiazole rings is 1. The van der Waals surface area contributed by atoms with E-state index in [-0.39, 0.29) is 0 Å². The first-order valence-corrected chi connectivity index (χ1v) is 8.93. The number of thiophene rings is 1. The fourth-order valence-electron chi connectivity index (χ4n) is 2.43. The van der Waals surface area contributed by atoms with E-state index in [9.17, 15) is 0 Å². The molecule has 22 heavy (non-hydrogen) atoms. The van der Waals surface area contributed by atoms with Crippen molar-refractivity contribution < 1.29 is 4.52 Å². The third-order valence-electron chi connectivity index (χ3n) is 3.89. The number of halogens is 1. The zero-order valence-electron chi connectivity index (χ0n) is 11.8. The molecule has 0 saturated heterocycles. The molecule has 0 unspecified atom stereocenters. The van der Waals surface area contributed by atoms with Gasteiger partial charge in [-0.1, -0.05) is 16.8 Å². The number of nitrogens with two attached hydrogens (primary N) is 1. The highest BCUT2D eigenvalue weighted by Gasteiger charge is 2.39. The molecule has 0 bridgehead atoms. The van der Waals surface area contributed by atoms with E-state index in [4.69, 9.17) is 21.9 Å². The minimum atomic E-state index is -0.412. The molecule has 0 spiro atoms. The van der Waals surface area contributed by atoms with Crippen LogP contribution < -0.4 is 5.73 Å². The molecule has 8 heteroatoms. The van der Waals surface area contributed by atoms with Crippen molar-refractivity contribution in [3.8, 4) is 20.7 Å². The minimum absolute atomic E-state index is 0.412. The lowest BCUT2D eigenvalue weighted by atomic mass is 9.77. The minimum Gasteiger partial charge on any atom is -0.333 e. The number of hydrogen-bond donors (Lipinski definition) is 1. The molecule has 0 aromatic carbocycles. The molecule has 4 rings (SSSR count). The summed E-state index contributed by atoms with van der Waals surface area (Å²) in [5, 5.41) is 4.98. The van der Waals surface area contributed by atoms with Gasteiger partial charge in [0.05, 0.1) is 20.4 Å². The van der Waals surface area contributed by atoms with Gasteiger partial charge in [-0.3, -0.25) is 0 Å². The van der Waals surface area contributed by atoms with E-state index in [0.29, 0.717) is 11.7 Å². The van der Waals surface area contributed by atoms with Crippen LogP contribution in [0.3, 0.4) is 0 Å². The zero-order valence-corrected chi connectivity index (χ0v) is 14.2. The number of rotatable bonds is 3. The average molecular weight is 353 g/mol. The molecule has 1 fully saturated rings. The zero-order chi connectivity index (χ0) is 15.3. The van der Waals surface area contributed by atoms with Gasteiger partial charge >= 0.3 is 0 Å². The van der Waals surface area contributed by atoms with Gasteiger partial charge in [-0.15, -0.1) is 22.7 Å². The van der Waals surface area contributed by atoms with Crippen LogP contribution in [0.2, 0.25) is 4.34 Å². The second kappa shape index (κ2) is 5.13. The summed E-state index contributed by atoms with van der Waals surface area (Å²) < 4.78 is 6.16. The van der Waals surface area contributed by atoms with Crippen LogP contribution in [0.4, 0.5) is 0 Å². The third-order valence-corrected chi connectivity index (χ3v) is 6.44. The second-order valence-electron chi connectivity index (χ2n) is 5.47. The highest BCUT2D eigenvalue weighted by Crippen LogP contribution is 2.41. The van der Waals surface area contributed by atoms with Crippen molar-refractivity contribution in [3.63, 3.8) is 0 Å². The summed E-state index contributed by atoms with van der Waals surface area (Å²) in [6.07, 6.45) is 2.93. The van der Waals surface area contributed by atoms with Crippen molar-refractivity contribution in [2.45, 2.75) is 31.7 Å². The van der Waals surface area contributed by atoms with Gasteiger partial charge in [-0.2, -0.15) is 4.98 Å². The Balaban J connectivity index is 1.70. The summed E-state index contributed by atoms with van der Waals surface area (Å²) in [6.45, 7) is 1.94. The Bertz CT molecular complexity index is 834. The molecule has 0 amide bonds. The molecule has 114 valence electrons. The SMILES string of the molecule is Cc1nc(-c2ccc(Cl)s2)sc1-c1nc(C2(N)CCC2)no1. The summed E-state index contributed by atoms with van der Waals surface area (Å²) in [5.41, 5.74) is 6.70. The van der Waals surface area contributed by atoms with Crippen LogP contribution in [0.25, 0.3) is 20.7 Å². The molecule has 1 aliphatic carbocycles. The van der Waals surface area contributed by atoms with Gasteiger partial charge in [0.25, 0.3) is 5.89 Å². The quantitative estimate of drug-likeness (QED) is 0.763. The lowest BCUT2D eigenvalue weighted by molar-refractivity contribution is 0.229. The molecular weight excluding hydrogens is 340 g/mol. The molecule has 3 heterocycles. The maximum Gasteiger partial charge on any atom is 0.270 e. The fourth-order valence-corrected chi connectivity index (χ4v) is 4.51. The molecule has 0 atom stereocenters. The summed E-state index contributed by atoms with van der Waals surface area (Å²) in [6, 6.07) is 3.84. The van der Waals surface area contributed by atoms with E-state index in [1.54, 1.807) is 0 Å². The summed E-state index contributed by atoms with van der Waals surface area (Å²) in [4.78, 5) is 11.0. The summed E-state index contributed by atoms with van der Waals surface area (Å²) in [7, 11) is 0. The lowest BCUT2D eigenvalue weighted by Gasteiger charge is -2.34. The van der Waals surface area contributed by atoms with Gasteiger partial charge in [0, 0.05) is 0 Å². The monoisotopic (exact) mass is 352 g/mol. The van der Waals surface area contributed by atoms with E-state index in [1.807, 2.05) is 19.1 Å². The van der Waals surface area contributed by atoms with E-state index in [1.165, 1.54) is 22.7 Å². The molecule has 1 aliphatic rings. The van der Waals surface area contributed by atoms with Crippen LogP contribution in [0, 0.1) is 6.92 Å². The molecule has 3 aromatic rings. The van der Waals surface area contributed by atoms with Crippen LogP contribution in [0.15, 0.2) is 16.7 Å². The Kier molecular flexibility index (Phi) is 3.34. The van der Waals surface area contributed by atoms with Crippen LogP contribution in [-0.4, -0.2) is 15.1 Å². The van der Waals surface area contributed by atoms with Crippen LogP contribution in [0.1, 0.15) is 30.8 Å². The summed E-state index contributed by atoms with van der Waals surface area (Å²) >= 11 is 9.03. The van der Waals surface area contributed by atoms with E-state index < -0.39 is 5.54 Å². The smallest absolute Gasteiger partial charge is 0.270 e. The molecule has 2 N–H and O–H groups in total. The molecule has 1 saturated carbocycles. The van der Waals surface area contributed by atoms with Crippen LogP contribution in [0.5, 0.6) is 0 Å². The fraction of sp³-hybridized carbons (Fsp3) is 0.357. The predicted molar refractivity (Wildman–Crippen MR) is 88.2 cm³/mol. The van der Waals surface area contributed by atoms with Gasteiger partial charge in [-0.05, 0) is 38.3 Å². The predicted octanol–water partition coefficient (Wildman–Crippen LogP) is 4.22. The maximum absolute atomic E-state index is 6.24.